The zero-order valence-corrected chi connectivity index (χ0v) is 15.3. The van der Waals surface area contributed by atoms with Crippen molar-refractivity contribution in [1.82, 2.24) is 9.97 Å². The molecule has 2 rings (SSSR count). The SMILES string of the molecule is OC(c1ccc(C(c2ccc[nH]2)C(F)(F)C(F)(F)C(F)(F)F)[nH]1)C(F)(F)C(F)(F)C(F)(F)F. The van der Waals surface area contributed by atoms with E-state index in [9.17, 15) is 66.6 Å². The number of hydrogen-bond donors (Lipinski definition) is 3. The van der Waals surface area contributed by atoms with E-state index in [1.54, 1.807) is 0 Å². The lowest BCUT2D eigenvalue weighted by molar-refractivity contribution is -0.372. The van der Waals surface area contributed by atoms with Crippen LogP contribution in [0.25, 0.3) is 0 Å². The van der Waals surface area contributed by atoms with Crippen LogP contribution in [0.2, 0.25) is 0 Å². The molecule has 2 aromatic heterocycles. The van der Waals surface area contributed by atoms with Crippen LogP contribution in [0.1, 0.15) is 29.1 Å². The highest BCUT2D eigenvalue weighted by Crippen LogP contribution is 2.55. The Morgan fingerprint density at radius 1 is 0.606 bits per heavy atom. The van der Waals surface area contributed by atoms with Gasteiger partial charge >= 0.3 is 36.0 Å². The van der Waals surface area contributed by atoms with Gasteiger partial charge in [0, 0.05) is 17.6 Å². The van der Waals surface area contributed by atoms with Gasteiger partial charge in [-0.05, 0) is 24.3 Å². The standard InChI is InChI=1S/C16H10F14N2O/c17-11(18,13(21,22)15(25,26)27)9(6-2-1-5-31-6)7-3-4-8(32-7)10(33)12(19,20)14(23,24)16(28,29)30/h1-5,9-10,31-33H. The van der Waals surface area contributed by atoms with E-state index >= 15 is 0 Å². The largest absolute Gasteiger partial charge is 0.459 e. The second kappa shape index (κ2) is 7.80. The summed E-state index contributed by atoms with van der Waals surface area (Å²) in [5.41, 5.74) is -4.17. The van der Waals surface area contributed by atoms with Gasteiger partial charge in [-0.15, -0.1) is 0 Å². The number of nitrogens with one attached hydrogen (secondary N) is 2. The van der Waals surface area contributed by atoms with Crippen molar-refractivity contribution in [1.29, 1.82) is 0 Å². The van der Waals surface area contributed by atoms with Crippen molar-refractivity contribution in [2.24, 2.45) is 0 Å². The van der Waals surface area contributed by atoms with Gasteiger partial charge in [0.1, 0.15) is 5.92 Å². The molecule has 17 heteroatoms. The molecule has 0 aliphatic heterocycles. The summed E-state index contributed by atoms with van der Waals surface area (Å²) in [6.45, 7) is 0. The Hall–Kier alpha value is -2.46. The van der Waals surface area contributed by atoms with E-state index in [0.29, 0.717) is 6.07 Å². The van der Waals surface area contributed by atoms with Crippen molar-refractivity contribution < 1.29 is 66.6 Å². The summed E-state index contributed by atoms with van der Waals surface area (Å²) in [5.74, 6) is -29.2. The number of alkyl halides is 14. The fourth-order valence-corrected chi connectivity index (χ4v) is 2.77. The van der Waals surface area contributed by atoms with Gasteiger partial charge in [-0.3, -0.25) is 0 Å². The van der Waals surface area contributed by atoms with Crippen LogP contribution in [0.15, 0.2) is 30.5 Å². The molecule has 3 N–H and O–H groups in total. The van der Waals surface area contributed by atoms with Crippen LogP contribution in [0.4, 0.5) is 61.5 Å². The fourth-order valence-electron chi connectivity index (χ4n) is 2.77. The van der Waals surface area contributed by atoms with Crippen molar-refractivity contribution in [3.05, 3.63) is 47.5 Å². The maximum Gasteiger partial charge on any atom is 0.459 e. The molecule has 0 aromatic carbocycles. The number of hydrogen-bond acceptors (Lipinski definition) is 1. The highest BCUT2D eigenvalue weighted by molar-refractivity contribution is 5.32. The molecular weight excluding hydrogens is 502 g/mol. The first-order chi connectivity index (χ1) is 14.6. The molecule has 33 heavy (non-hydrogen) atoms. The Kier molecular flexibility index (Phi) is 6.33. The Labute approximate surface area is 173 Å². The number of H-pyrrole nitrogens is 2. The molecule has 2 heterocycles. The molecule has 0 aliphatic carbocycles. The molecule has 188 valence electrons. The number of halogens is 14. The predicted molar refractivity (Wildman–Crippen MR) is 80.3 cm³/mol. The third-order valence-corrected chi connectivity index (χ3v) is 4.52. The fraction of sp³-hybridized carbons (Fsp3) is 0.500. The van der Waals surface area contributed by atoms with Gasteiger partial charge in [0.25, 0.3) is 0 Å². The number of aliphatic hydroxyl groups excluding tert-OH is 1. The van der Waals surface area contributed by atoms with Crippen LogP contribution in [0.5, 0.6) is 0 Å². The summed E-state index contributed by atoms with van der Waals surface area (Å²) in [4.78, 5) is 3.23. The third kappa shape index (κ3) is 4.14. The summed E-state index contributed by atoms with van der Waals surface area (Å²) < 4.78 is 184. The zero-order valence-electron chi connectivity index (χ0n) is 15.3. The van der Waals surface area contributed by atoms with E-state index in [2.05, 4.69) is 0 Å². The van der Waals surface area contributed by atoms with Crippen molar-refractivity contribution in [3.8, 4) is 0 Å². The molecule has 0 saturated heterocycles. The lowest BCUT2D eigenvalue weighted by atomic mass is 9.89. The molecule has 0 aliphatic rings. The Morgan fingerprint density at radius 3 is 1.48 bits per heavy atom. The number of aliphatic hydroxyl groups is 1. The summed E-state index contributed by atoms with van der Waals surface area (Å²) in [6, 6.07) is 1.67. The molecule has 0 amide bonds. The van der Waals surface area contributed by atoms with Gasteiger partial charge in [0.05, 0.1) is 5.69 Å². The van der Waals surface area contributed by atoms with Crippen LogP contribution < -0.4 is 0 Å². The van der Waals surface area contributed by atoms with E-state index in [1.807, 2.05) is 4.98 Å². The van der Waals surface area contributed by atoms with Crippen molar-refractivity contribution in [2.45, 2.75) is 48.1 Å². The zero-order chi connectivity index (χ0) is 25.8. The van der Waals surface area contributed by atoms with Crippen molar-refractivity contribution >= 4 is 0 Å². The average Bonchev–Trinajstić information content (AvgIpc) is 3.31. The molecule has 2 aromatic rings. The molecule has 0 saturated carbocycles. The molecule has 2 unspecified atom stereocenters. The molecule has 2 atom stereocenters. The number of aromatic nitrogens is 2. The van der Waals surface area contributed by atoms with Gasteiger partial charge in [-0.25, -0.2) is 0 Å². The van der Waals surface area contributed by atoms with Gasteiger partial charge in [-0.1, -0.05) is 0 Å². The summed E-state index contributed by atoms with van der Waals surface area (Å²) in [7, 11) is 0. The third-order valence-electron chi connectivity index (χ3n) is 4.52. The van der Waals surface area contributed by atoms with Gasteiger partial charge < -0.3 is 15.1 Å². The van der Waals surface area contributed by atoms with Gasteiger partial charge in [0.2, 0.25) is 0 Å². The highest BCUT2D eigenvalue weighted by Gasteiger charge is 2.77. The molecular formula is C16H10F14N2O. The Morgan fingerprint density at radius 2 is 1.06 bits per heavy atom. The normalized spacial score (nSPS) is 16.7. The summed E-state index contributed by atoms with van der Waals surface area (Å²) in [6.07, 6.45) is -16.9. The molecule has 0 fully saturated rings. The summed E-state index contributed by atoms with van der Waals surface area (Å²) >= 11 is 0. The minimum Gasteiger partial charge on any atom is -0.380 e. The maximum absolute atomic E-state index is 14.4. The topological polar surface area (TPSA) is 51.8 Å². The van der Waals surface area contributed by atoms with Crippen LogP contribution in [-0.4, -0.2) is 51.1 Å². The van der Waals surface area contributed by atoms with Crippen LogP contribution in [0, 0.1) is 0 Å². The number of rotatable bonds is 7. The van der Waals surface area contributed by atoms with E-state index in [-0.39, 0.29) is 12.1 Å². The van der Waals surface area contributed by atoms with Crippen molar-refractivity contribution in [2.75, 3.05) is 0 Å². The van der Waals surface area contributed by atoms with Gasteiger partial charge in [0.15, 0.2) is 6.10 Å². The Balaban J connectivity index is 2.58. The summed E-state index contributed by atoms with van der Waals surface area (Å²) in [5, 5.41) is 9.38. The van der Waals surface area contributed by atoms with Crippen molar-refractivity contribution in [3.63, 3.8) is 0 Å². The molecule has 3 nitrogen and oxygen atoms in total. The highest BCUT2D eigenvalue weighted by atomic mass is 19.4. The maximum atomic E-state index is 14.4. The van der Waals surface area contributed by atoms with Gasteiger partial charge in [-0.2, -0.15) is 61.5 Å². The minimum atomic E-state index is -6.87. The average molecular weight is 512 g/mol. The predicted octanol–water partition coefficient (Wildman–Crippen LogP) is 6.17. The molecule has 0 spiro atoms. The molecule has 0 bridgehead atoms. The van der Waals surface area contributed by atoms with E-state index < -0.39 is 65.1 Å². The smallest absolute Gasteiger partial charge is 0.380 e. The van der Waals surface area contributed by atoms with E-state index in [0.717, 1.165) is 12.3 Å². The quantitative estimate of drug-likeness (QED) is 0.382. The lowest BCUT2D eigenvalue weighted by Crippen LogP contribution is -2.55. The van der Waals surface area contributed by atoms with Crippen LogP contribution in [-0.2, 0) is 0 Å². The number of aromatic amines is 2. The first-order valence-electron chi connectivity index (χ1n) is 8.25. The second-order valence-electron chi connectivity index (χ2n) is 6.72. The van der Waals surface area contributed by atoms with E-state index in [1.165, 1.54) is 4.98 Å². The molecule has 0 radical (unpaired) electrons. The van der Waals surface area contributed by atoms with Crippen LogP contribution in [0.3, 0.4) is 0 Å². The minimum absolute atomic E-state index is 0.0537. The van der Waals surface area contributed by atoms with E-state index in [4.69, 9.17) is 0 Å². The first kappa shape index (κ1) is 26.8. The first-order valence-corrected chi connectivity index (χ1v) is 8.25. The second-order valence-corrected chi connectivity index (χ2v) is 6.72. The lowest BCUT2D eigenvalue weighted by Gasteiger charge is -2.33. The van der Waals surface area contributed by atoms with Crippen LogP contribution >= 0.6 is 0 Å². The Bertz CT molecular complexity index is 941. The monoisotopic (exact) mass is 512 g/mol.